The van der Waals surface area contributed by atoms with Gasteiger partial charge in [0.05, 0.1) is 0 Å². The van der Waals surface area contributed by atoms with Crippen molar-refractivity contribution in [3.05, 3.63) is 0 Å². The van der Waals surface area contributed by atoms with Crippen LogP contribution in [0.15, 0.2) is 0 Å². The van der Waals surface area contributed by atoms with E-state index in [1.165, 1.54) is 0 Å². The molecular formula is C11H22N2O. The Bertz CT molecular complexity index is 208. The third-order valence-corrected chi connectivity index (χ3v) is 2.78. The molecule has 1 aliphatic heterocycles. The largest absolute Gasteiger partial charge is 0.340 e. The lowest BCUT2D eigenvalue weighted by atomic mass is 10.0. The second-order valence-corrected chi connectivity index (χ2v) is 4.96. The summed E-state index contributed by atoms with van der Waals surface area (Å²) in [5.41, 5.74) is 5.47. The summed E-state index contributed by atoms with van der Waals surface area (Å²) in [5, 5.41) is 0. The van der Waals surface area contributed by atoms with Crippen LogP contribution in [0.5, 0.6) is 0 Å². The van der Waals surface area contributed by atoms with E-state index in [0.717, 1.165) is 25.8 Å². The van der Waals surface area contributed by atoms with Crippen LogP contribution in [-0.2, 0) is 4.79 Å². The van der Waals surface area contributed by atoms with Crippen molar-refractivity contribution in [1.29, 1.82) is 0 Å². The Kier molecular flexibility index (Phi) is 3.53. The van der Waals surface area contributed by atoms with Crippen molar-refractivity contribution in [1.82, 2.24) is 4.90 Å². The van der Waals surface area contributed by atoms with E-state index >= 15 is 0 Å². The smallest absolute Gasteiger partial charge is 0.224 e. The van der Waals surface area contributed by atoms with Crippen molar-refractivity contribution in [3.63, 3.8) is 0 Å². The first-order valence-electron chi connectivity index (χ1n) is 5.52. The molecule has 1 unspecified atom stereocenters. The number of nitrogens with zero attached hydrogens (tertiary/aromatic N) is 1. The fraction of sp³-hybridized carbons (Fsp3) is 0.909. The summed E-state index contributed by atoms with van der Waals surface area (Å²) in [7, 11) is 0. The van der Waals surface area contributed by atoms with Gasteiger partial charge in [-0.05, 0) is 33.1 Å². The molecule has 1 amide bonds. The van der Waals surface area contributed by atoms with E-state index in [2.05, 4.69) is 6.92 Å². The summed E-state index contributed by atoms with van der Waals surface area (Å²) in [6.45, 7) is 6.88. The quantitative estimate of drug-likeness (QED) is 0.747. The van der Waals surface area contributed by atoms with Crippen molar-refractivity contribution >= 4 is 5.91 Å². The van der Waals surface area contributed by atoms with Gasteiger partial charge in [0.25, 0.3) is 0 Å². The van der Waals surface area contributed by atoms with Crippen molar-refractivity contribution < 1.29 is 4.79 Å². The predicted molar refractivity (Wildman–Crippen MR) is 57.9 cm³/mol. The molecule has 1 saturated heterocycles. The van der Waals surface area contributed by atoms with Gasteiger partial charge in [-0.3, -0.25) is 4.79 Å². The molecule has 3 heteroatoms. The lowest BCUT2D eigenvalue weighted by Crippen LogP contribution is -2.42. The zero-order chi connectivity index (χ0) is 10.8. The minimum absolute atomic E-state index is 0.224. The molecule has 0 aliphatic carbocycles. The molecule has 0 saturated carbocycles. The molecule has 0 aromatic carbocycles. The number of nitrogens with two attached hydrogens (primary N) is 1. The van der Waals surface area contributed by atoms with Crippen molar-refractivity contribution in [2.75, 3.05) is 6.54 Å². The first-order valence-corrected chi connectivity index (χ1v) is 5.52. The van der Waals surface area contributed by atoms with Crippen LogP contribution >= 0.6 is 0 Å². The Balaban J connectivity index is 2.52. The maximum absolute atomic E-state index is 11.9. The summed E-state index contributed by atoms with van der Waals surface area (Å²) >= 11 is 0. The normalized spacial score (nSPS) is 22.9. The Hall–Kier alpha value is -0.570. The average Bonchev–Trinajstić information content (AvgIpc) is 2.47. The van der Waals surface area contributed by atoms with Gasteiger partial charge in [0.2, 0.25) is 5.91 Å². The second-order valence-electron chi connectivity index (χ2n) is 4.96. The lowest BCUT2D eigenvalue weighted by molar-refractivity contribution is -0.133. The summed E-state index contributed by atoms with van der Waals surface area (Å²) in [6.07, 6.45) is 3.84. The molecule has 14 heavy (non-hydrogen) atoms. The van der Waals surface area contributed by atoms with E-state index in [1.807, 2.05) is 18.7 Å². The highest BCUT2D eigenvalue weighted by atomic mass is 16.2. The van der Waals surface area contributed by atoms with Gasteiger partial charge in [-0.1, -0.05) is 6.92 Å². The van der Waals surface area contributed by atoms with Crippen LogP contribution in [0.25, 0.3) is 0 Å². The molecule has 0 radical (unpaired) electrons. The number of likely N-dealkylation sites (tertiary alicyclic amines) is 1. The Morgan fingerprint density at radius 3 is 2.71 bits per heavy atom. The van der Waals surface area contributed by atoms with Crippen LogP contribution in [0.4, 0.5) is 0 Å². The van der Waals surface area contributed by atoms with E-state index in [9.17, 15) is 4.79 Å². The number of amides is 1. The van der Waals surface area contributed by atoms with Gasteiger partial charge in [0.15, 0.2) is 0 Å². The molecule has 1 aliphatic rings. The molecule has 1 heterocycles. The summed E-state index contributed by atoms with van der Waals surface area (Å²) < 4.78 is 0. The molecule has 2 N–H and O–H groups in total. The number of carbonyl (C=O) groups excluding carboxylic acids is 1. The minimum atomic E-state index is -0.377. The topological polar surface area (TPSA) is 46.3 Å². The number of hydrogen-bond donors (Lipinski definition) is 1. The van der Waals surface area contributed by atoms with Crippen molar-refractivity contribution in [3.8, 4) is 0 Å². The van der Waals surface area contributed by atoms with Crippen LogP contribution in [-0.4, -0.2) is 28.9 Å². The third-order valence-electron chi connectivity index (χ3n) is 2.78. The summed E-state index contributed by atoms with van der Waals surface area (Å²) in [4.78, 5) is 13.9. The van der Waals surface area contributed by atoms with Gasteiger partial charge in [-0.2, -0.15) is 0 Å². The van der Waals surface area contributed by atoms with E-state index in [-0.39, 0.29) is 11.4 Å². The maximum Gasteiger partial charge on any atom is 0.224 e. The number of carbonyl (C=O) groups is 1. The van der Waals surface area contributed by atoms with Crippen LogP contribution in [0.1, 0.15) is 46.5 Å². The van der Waals surface area contributed by atoms with Crippen molar-refractivity contribution in [2.24, 2.45) is 5.73 Å². The zero-order valence-electron chi connectivity index (χ0n) is 9.55. The lowest BCUT2D eigenvalue weighted by Gasteiger charge is -2.27. The SMILES string of the molecule is CCC1CCCN1C(=O)CC(C)(C)N. The molecule has 82 valence electrons. The minimum Gasteiger partial charge on any atom is -0.340 e. The van der Waals surface area contributed by atoms with E-state index in [1.54, 1.807) is 0 Å². The monoisotopic (exact) mass is 198 g/mol. The highest BCUT2D eigenvalue weighted by Gasteiger charge is 2.29. The van der Waals surface area contributed by atoms with Gasteiger partial charge in [0, 0.05) is 24.5 Å². The van der Waals surface area contributed by atoms with E-state index in [4.69, 9.17) is 5.73 Å². The van der Waals surface area contributed by atoms with Gasteiger partial charge in [-0.15, -0.1) is 0 Å². The van der Waals surface area contributed by atoms with E-state index in [0.29, 0.717) is 12.5 Å². The zero-order valence-corrected chi connectivity index (χ0v) is 9.55. The fourth-order valence-corrected chi connectivity index (χ4v) is 2.08. The molecule has 0 aromatic rings. The molecular weight excluding hydrogens is 176 g/mol. The number of hydrogen-bond acceptors (Lipinski definition) is 2. The van der Waals surface area contributed by atoms with Crippen LogP contribution < -0.4 is 5.73 Å². The highest BCUT2D eigenvalue weighted by molar-refractivity contribution is 5.77. The van der Waals surface area contributed by atoms with E-state index < -0.39 is 0 Å². The Morgan fingerprint density at radius 1 is 1.57 bits per heavy atom. The predicted octanol–water partition coefficient (Wildman–Crippen LogP) is 1.51. The molecule has 1 fully saturated rings. The summed E-state index contributed by atoms with van der Waals surface area (Å²) in [5.74, 6) is 0.224. The Labute approximate surface area is 86.6 Å². The molecule has 0 bridgehead atoms. The highest BCUT2D eigenvalue weighted by Crippen LogP contribution is 2.21. The molecule has 3 nitrogen and oxygen atoms in total. The summed E-state index contributed by atoms with van der Waals surface area (Å²) in [6, 6.07) is 0.463. The first-order chi connectivity index (χ1) is 6.44. The first kappa shape index (κ1) is 11.5. The molecule has 0 spiro atoms. The van der Waals surface area contributed by atoms with Gasteiger partial charge < -0.3 is 10.6 Å². The Morgan fingerprint density at radius 2 is 2.21 bits per heavy atom. The van der Waals surface area contributed by atoms with Gasteiger partial charge in [0.1, 0.15) is 0 Å². The fourth-order valence-electron chi connectivity index (χ4n) is 2.08. The molecule has 1 rings (SSSR count). The van der Waals surface area contributed by atoms with Crippen molar-refractivity contribution in [2.45, 2.75) is 58.0 Å². The van der Waals surface area contributed by atoms with Crippen LogP contribution in [0, 0.1) is 0 Å². The third kappa shape index (κ3) is 2.98. The molecule has 1 atom stereocenters. The van der Waals surface area contributed by atoms with Gasteiger partial charge >= 0.3 is 0 Å². The van der Waals surface area contributed by atoms with Crippen LogP contribution in [0.2, 0.25) is 0 Å². The maximum atomic E-state index is 11.9. The standard InChI is InChI=1S/C11H22N2O/c1-4-9-6-5-7-13(9)10(14)8-11(2,3)12/h9H,4-8,12H2,1-3H3. The molecule has 0 aromatic heterocycles. The van der Waals surface area contributed by atoms with Crippen LogP contribution in [0.3, 0.4) is 0 Å². The average molecular weight is 198 g/mol. The number of rotatable bonds is 3. The second kappa shape index (κ2) is 4.30. The van der Waals surface area contributed by atoms with Gasteiger partial charge in [-0.25, -0.2) is 0 Å².